The van der Waals surface area contributed by atoms with E-state index in [4.69, 9.17) is 21.6 Å². The van der Waals surface area contributed by atoms with Crippen molar-refractivity contribution in [3.8, 4) is 6.07 Å². The van der Waals surface area contributed by atoms with Gasteiger partial charge in [-0.3, -0.25) is 14.9 Å². The van der Waals surface area contributed by atoms with Crippen LogP contribution >= 0.6 is 11.6 Å². The average molecular weight is 374 g/mol. The van der Waals surface area contributed by atoms with Gasteiger partial charge in [0, 0.05) is 16.7 Å². The number of hydrogen-bond acceptors (Lipinski definition) is 6. The Morgan fingerprint density at radius 1 is 1.31 bits per heavy atom. The number of nitrogens with one attached hydrogen (secondary N) is 1. The van der Waals surface area contributed by atoms with Crippen molar-refractivity contribution in [3.05, 3.63) is 68.2 Å². The number of rotatable bonds is 5. The maximum atomic E-state index is 12.0. The van der Waals surface area contributed by atoms with Crippen LogP contribution in [0.4, 0.5) is 11.4 Å². The molecule has 0 saturated heterocycles. The lowest BCUT2D eigenvalue weighted by atomic mass is 10.1. The molecule has 0 heterocycles. The normalized spacial score (nSPS) is 9.88. The maximum Gasteiger partial charge on any atom is 0.338 e. The molecule has 0 fully saturated rings. The van der Waals surface area contributed by atoms with E-state index in [-0.39, 0.29) is 22.5 Å². The summed E-state index contributed by atoms with van der Waals surface area (Å²) in [7, 11) is 0. The Kier molecular flexibility index (Phi) is 5.88. The van der Waals surface area contributed by atoms with Gasteiger partial charge in [0.2, 0.25) is 0 Å². The van der Waals surface area contributed by atoms with Gasteiger partial charge in [-0.1, -0.05) is 11.6 Å². The van der Waals surface area contributed by atoms with Crippen LogP contribution in [0.2, 0.25) is 5.02 Å². The van der Waals surface area contributed by atoms with E-state index >= 15 is 0 Å². The Hall–Kier alpha value is -3.44. The highest BCUT2D eigenvalue weighted by molar-refractivity contribution is 6.31. The second-order valence-corrected chi connectivity index (χ2v) is 5.62. The topological polar surface area (TPSA) is 122 Å². The molecule has 8 nitrogen and oxygen atoms in total. The van der Waals surface area contributed by atoms with Gasteiger partial charge in [-0.15, -0.1) is 0 Å². The van der Waals surface area contributed by atoms with E-state index in [0.29, 0.717) is 10.6 Å². The molecule has 0 aliphatic rings. The lowest BCUT2D eigenvalue weighted by molar-refractivity contribution is -0.385. The van der Waals surface area contributed by atoms with Crippen molar-refractivity contribution in [2.45, 2.75) is 6.92 Å². The predicted octanol–water partition coefficient (Wildman–Crippen LogP) is 3.22. The fraction of sp³-hybridized carbons (Fsp3) is 0.118. The molecule has 0 spiro atoms. The lowest BCUT2D eigenvalue weighted by Gasteiger charge is -2.08. The number of nitriles is 1. The van der Waals surface area contributed by atoms with Crippen LogP contribution in [-0.2, 0) is 9.53 Å². The summed E-state index contributed by atoms with van der Waals surface area (Å²) >= 11 is 5.82. The highest BCUT2D eigenvalue weighted by Crippen LogP contribution is 2.21. The molecule has 9 heteroatoms. The van der Waals surface area contributed by atoms with Crippen LogP contribution in [0.15, 0.2) is 36.4 Å². The monoisotopic (exact) mass is 373 g/mol. The van der Waals surface area contributed by atoms with E-state index in [1.165, 1.54) is 43.3 Å². The van der Waals surface area contributed by atoms with Crippen molar-refractivity contribution in [1.82, 2.24) is 0 Å². The number of aryl methyl sites for hydroxylation is 1. The Morgan fingerprint density at radius 2 is 2.04 bits per heavy atom. The van der Waals surface area contributed by atoms with Gasteiger partial charge in [0.05, 0.1) is 21.7 Å². The average Bonchev–Trinajstić information content (AvgIpc) is 2.59. The van der Waals surface area contributed by atoms with Crippen LogP contribution in [0.5, 0.6) is 0 Å². The molecule has 1 N–H and O–H groups in total. The molecule has 1 amide bonds. The van der Waals surface area contributed by atoms with Gasteiger partial charge in [0.25, 0.3) is 11.6 Å². The standard InChI is InChI=1S/C17H12ClN3O5/c1-10-6-11(3-5-15(10)21(24)25)17(23)26-9-16(22)20-14-7-13(18)4-2-12(14)8-19/h2-7H,9H2,1H3,(H,20,22). The molecular weight excluding hydrogens is 362 g/mol. The number of hydrogen-bond donors (Lipinski definition) is 1. The summed E-state index contributed by atoms with van der Waals surface area (Å²) < 4.78 is 4.88. The molecule has 2 aromatic carbocycles. The highest BCUT2D eigenvalue weighted by Gasteiger charge is 2.16. The summed E-state index contributed by atoms with van der Waals surface area (Å²) in [5.41, 5.74) is 0.671. The van der Waals surface area contributed by atoms with Gasteiger partial charge < -0.3 is 10.1 Å². The number of anilines is 1. The zero-order chi connectivity index (χ0) is 19.3. The van der Waals surface area contributed by atoms with Crippen LogP contribution in [0.3, 0.4) is 0 Å². The molecule has 0 radical (unpaired) electrons. The van der Waals surface area contributed by atoms with Crippen molar-refractivity contribution in [2.75, 3.05) is 11.9 Å². The van der Waals surface area contributed by atoms with E-state index < -0.39 is 23.4 Å². The summed E-state index contributed by atoms with van der Waals surface area (Å²) in [4.78, 5) is 34.1. The van der Waals surface area contributed by atoms with Crippen LogP contribution in [0.25, 0.3) is 0 Å². The molecule has 0 atom stereocenters. The summed E-state index contributed by atoms with van der Waals surface area (Å²) in [6, 6.07) is 10.0. The molecule has 2 aromatic rings. The first kappa shape index (κ1) is 18.9. The van der Waals surface area contributed by atoms with Gasteiger partial charge in [-0.2, -0.15) is 5.26 Å². The lowest BCUT2D eigenvalue weighted by Crippen LogP contribution is -2.21. The number of nitro groups is 1. The van der Waals surface area contributed by atoms with Crippen LogP contribution in [-0.4, -0.2) is 23.4 Å². The molecule has 0 aliphatic carbocycles. The van der Waals surface area contributed by atoms with E-state index in [1.54, 1.807) is 0 Å². The number of nitrogens with zero attached hydrogens (tertiary/aromatic N) is 2. The zero-order valence-electron chi connectivity index (χ0n) is 13.5. The van der Waals surface area contributed by atoms with Crippen molar-refractivity contribution in [1.29, 1.82) is 5.26 Å². The summed E-state index contributed by atoms with van der Waals surface area (Å²) in [5, 5.41) is 22.5. The molecule has 0 aromatic heterocycles. The molecule has 132 valence electrons. The van der Waals surface area contributed by atoms with E-state index in [0.717, 1.165) is 0 Å². The van der Waals surface area contributed by atoms with Gasteiger partial charge in [-0.25, -0.2) is 4.79 Å². The largest absolute Gasteiger partial charge is 0.452 e. The number of carbonyl (C=O) groups excluding carboxylic acids is 2. The van der Waals surface area contributed by atoms with Crippen molar-refractivity contribution in [2.24, 2.45) is 0 Å². The molecule has 0 bridgehead atoms. The number of carbonyl (C=O) groups is 2. The van der Waals surface area contributed by atoms with E-state index in [9.17, 15) is 19.7 Å². The Labute approximate surface area is 153 Å². The summed E-state index contributed by atoms with van der Waals surface area (Å²) in [6.07, 6.45) is 0. The first-order valence-electron chi connectivity index (χ1n) is 7.23. The van der Waals surface area contributed by atoms with Crippen LogP contribution in [0.1, 0.15) is 21.5 Å². The third kappa shape index (κ3) is 4.55. The minimum Gasteiger partial charge on any atom is -0.452 e. The van der Waals surface area contributed by atoms with Gasteiger partial charge in [0.1, 0.15) is 6.07 Å². The third-order valence-electron chi connectivity index (χ3n) is 3.34. The smallest absolute Gasteiger partial charge is 0.338 e. The van der Waals surface area contributed by atoms with E-state index in [2.05, 4.69) is 5.32 Å². The first-order valence-corrected chi connectivity index (χ1v) is 7.61. The van der Waals surface area contributed by atoms with Crippen molar-refractivity contribution < 1.29 is 19.2 Å². The van der Waals surface area contributed by atoms with E-state index in [1.807, 2.05) is 6.07 Å². The summed E-state index contributed by atoms with van der Waals surface area (Å²) in [6.45, 7) is 0.899. The first-order chi connectivity index (χ1) is 12.3. The zero-order valence-corrected chi connectivity index (χ0v) is 14.2. The number of benzene rings is 2. The quantitative estimate of drug-likeness (QED) is 0.487. The minimum absolute atomic E-state index is 0.0846. The fourth-order valence-electron chi connectivity index (χ4n) is 2.11. The second kappa shape index (κ2) is 8.09. The van der Waals surface area contributed by atoms with Gasteiger partial charge >= 0.3 is 5.97 Å². The number of esters is 1. The molecule has 2 rings (SSSR count). The molecule has 0 aliphatic heterocycles. The predicted molar refractivity (Wildman–Crippen MR) is 92.9 cm³/mol. The molecule has 0 saturated carbocycles. The molecular formula is C17H12ClN3O5. The van der Waals surface area contributed by atoms with Crippen LogP contribution < -0.4 is 5.32 Å². The number of amides is 1. The second-order valence-electron chi connectivity index (χ2n) is 5.18. The fourth-order valence-corrected chi connectivity index (χ4v) is 2.28. The number of ether oxygens (including phenoxy) is 1. The van der Waals surface area contributed by atoms with Crippen molar-refractivity contribution in [3.63, 3.8) is 0 Å². The maximum absolute atomic E-state index is 12.0. The Bertz CT molecular complexity index is 936. The minimum atomic E-state index is -0.801. The molecule has 26 heavy (non-hydrogen) atoms. The van der Waals surface area contributed by atoms with Gasteiger partial charge in [0.15, 0.2) is 6.61 Å². The summed E-state index contributed by atoms with van der Waals surface area (Å²) in [5.74, 6) is -1.46. The van der Waals surface area contributed by atoms with Crippen LogP contribution in [0, 0.1) is 28.4 Å². The SMILES string of the molecule is Cc1cc(C(=O)OCC(=O)Nc2cc(Cl)ccc2C#N)ccc1[N+](=O)[O-]. The molecule has 0 unspecified atom stereocenters. The Balaban J connectivity index is 2.00. The third-order valence-corrected chi connectivity index (χ3v) is 3.57. The number of halogens is 1. The highest BCUT2D eigenvalue weighted by atomic mass is 35.5. The van der Waals surface area contributed by atoms with Crippen molar-refractivity contribution >= 4 is 34.9 Å². The van der Waals surface area contributed by atoms with Gasteiger partial charge in [-0.05, 0) is 37.3 Å². The number of nitro benzene ring substituents is 1. The Morgan fingerprint density at radius 3 is 2.65 bits per heavy atom.